The highest BCUT2D eigenvalue weighted by atomic mass is 16.4. The van der Waals surface area contributed by atoms with E-state index in [1.165, 1.54) is 24.7 Å². The maximum Gasteiger partial charge on any atom is 0.317 e. The summed E-state index contributed by atoms with van der Waals surface area (Å²) in [6.45, 7) is 1.96. The first-order valence-electron chi connectivity index (χ1n) is 9.30. The molecule has 2 aliphatic carbocycles. The van der Waals surface area contributed by atoms with Crippen molar-refractivity contribution in [1.82, 2.24) is 25.0 Å². The third kappa shape index (κ3) is 4.28. The van der Waals surface area contributed by atoms with Gasteiger partial charge in [-0.05, 0) is 49.3 Å². The van der Waals surface area contributed by atoms with E-state index >= 15 is 0 Å². The number of nitrogens with one attached hydrogen (secondary N) is 1. The molecule has 2 saturated carbocycles. The number of rotatable bonds is 9. The van der Waals surface area contributed by atoms with Crippen LogP contribution < -0.4 is 5.32 Å². The van der Waals surface area contributed by atoms with E-state index in [4.69, 9.17) is 5.11 Å². The molecule has 0 amide bonds. The lowest BCUT2D eigenvalue weighted by atomic mass is 9.85. The van der Waals surface area contributed by atoms with Crippen molar-refractivity contribution in [1.29, 1.82) is 0 Å². The van der Waals surface area contributed by atoms with Crippen molar-refractivity contribution >= 4 is 5.97 Å². The van der Waals surface area contributed by atoms with Gasteiger partial charge in [-0.25, -0.2) is 9.67 Å². The second-order valence-electron chi connectivity index (χ2n) is 7.48. The van der Waals surface area contributed by atoms with Gasteiger partial charge >= 0.3 is 5.97 Å². The van der Waals surface area contributed by atoms with Crippen molar-refractivity contribution in [3.05, 3.63) is 42.5 Å². The van der Waals surface area contributed by atoms with Crippen LogP contribution in [-0.2, 0) is 11.3 Å². The molecule has 2 aliphatic rings. The van der Waals surface area contributed by atoms with Crippen molar-refractivity contribution in [3.63, 3.8) is 0 Å². The van der Waals surface area contributed by atoms with E-state index in [-0.39, 0.29) is 6.54 Å². The van der Waals surface area contributed by atoms with E-state index in [2.05, 4.69) is 32.4 Å². The van der Waals surface area contributed by atoms with Gasteiger partial charge in [-0.2, -0.15) is 5.10 Å². The second-order valence-corrected chi connectivity index (χ2v) is 7.48. The number of carboxylic acid groups (broad SMARTS) is 1. The quantitative estimate of drug-likeness (QED) is 0.712. The monoisotopic (exact) mass is 355 g/mol. The van der Waals surface area contributed by atoms with Crippen molar-refractivity contribution in [3.8, 4) is 5.69 Å². The van der Waals surface area contributed by atoms with Crippen molar-refractivity contribution in [2.45, 2.75) is 44.3 Å². The second kappa shape index (κ2) is 7.55. The first-order valence-corrected chi connectivity index (χ1v) is 9.30. The van der Waals surface area contributed by atoms with Crippen molar-refractivity contribution in [2.24, 2.45) is 5.92 Å². The Morgan fingerprint density at radius 3 is 2.65 bits per heavy atom. The Labute approximate surface area is 153 Å². The number of carboxylic acids is 1. The predicted octanol–water partition coefficient (Wildman–Crippen LogP) is 1.68. The molecule has 138 valence electrons. The van der Waals surface area contributed by atoms with Crippen LogP contribution in [0.2, 0.25) is 0 Å². The molecule has 0 aliphatic heterocycles. The van der Waals surface area contributed by atoms with Crippen molar-refractivity contribution in [2.75, 3.05) is 13.1 Å². The van der Waals surface area contributed by atoms with Crippen molar-refractivity contribution < 1.29 is 9.90 Å². The maximum atomic E-state index is 11.1. The summed E-state index contributed by atoms with van der Waals surface area (Å²) in [6.07, 6.45) is 7.81. The SMILES string of the molecule is O=C(O)CN(CC1CC1)C1CC(NCc2ccc(-n3cncn3)cc2)C1. The lowest BCUT2D eigenvalue weighted by Gasteiger charge is -2.43. The zero-order chi connectivity index (χ0) is 17.9. The maximum absolute atomic E-state index is 11.1. The van der Waals surface area contributed by atoms with Gasteiger partial charge in [0.1, 0.15) is 12.7 Å². The normalized spacial score (nSPS) is 22.3. The summed E-state index contributed by atoms with van der Waals surface area (Å²) in [5.74, 6) is 0.0133. The Morgan fingerprint density at radius 1 is 1.27 bits per heavy atom. The van der Waals surface area contributed by atoms with Gasteiger partial charge in [-0.3, -0.25) is 9.69 Å². The lowest BCUT2D eigenvalue weighted by Crippen LogP contribution is -2.54. The van der Waals surface area contributed by atoms with Gasteiger partial charge in [0.2, 0.25) is 0 Å². The van der Waals surface area contributed by atoms with Crippen LogP contribution in [0.4, 0.5) is 0 Å². The van der Waals surface area contributed by atoms with Crippen LogP contribution in [-0.4, -0.2) is 55.9 Å². The highest BCUT2D eigenvalue weighted by molar-refractivity contribution is 5.69. The van der Waals surface area contributed by atoms with E-state index < -0.39 is 5.97 Å². The molecule has 0 bridgehead atoms. The minimum atomic E-state index is -0.713. The molecule has 0 unspecified atom stereocenters. The van der Waals surface area contributed by atoms with E-state index in [0.29, 0.717) is 12.1 Å². The average molecular weight is 355 g/mol. The van der Waals surface area contributed by atoms with Crippen LogP contribution in [0, 0.1) is 5.92 Å². The van der Waals surface area contributed by atoms with E-state index in [0.717, 1.165) is 37.5 Å². The summed E-state index contributed by atoms with van der Waals surface area (Å²) < 4.78 is 1.74. The summed E-state index contributed by atoms with van der Waals surface area (Å²) in [4.78, 5) is 17.2. The van der Waals surface area contributed by atoms with Gasteiger partial charge in [-0.1, -0.05) is 12.1 Å². The smallest absolute Gasteiger partial charge is 0.317 e. The molecule has 0 saturated heterocycles. The van der Waals surface area contributed by atoms with Crippen LogP contribution in [0.25, 0.3) is 5.69 Å². The largest absolute Gasteiger partial charge is 0.480 e. The Kier molecular flexibility index (Phi) is 4.99. The first-order chi connectivity index (χ1) is 12.7. The van der Waals surface area contributed by atoms with Gasteiger partial charge in [-0.15, -0.1) is 0 Å². The van der Waals surface area contributed by atoms with Gasteiger partial charge < -0.3 is 10.4 Å². The Bertz CT molecular complexity index is 721. The number of carbonyl (C=O) groups is 1. The molecule has 0 spiro atoms. The molecule has 0 radical (unpaired) electrons. The number of aromatic nitrogens is 3. The molecule has 7 nitrogen and oxygen atoms in total. The minimum absolute atomic E-state index is 0.178. The lowest BCUT2D eigenvalue weighted by molar-refractivity contribution is -0.139. The molecule has 2 aromatic rings. The minimum Gasteiger partial charge on any atom is -0.480 e. The number of hydrogen-bond acceptors (Lipinski definition) is 5. The zero-order valence-corrected chi connectivity index (χ0v) is 14.8. The molecular formula is C19H25N5O2. The van der Waals surface area contributed by atoms with Crippen LogP contribution in [0.5, 0.6) is 0 Å². The summed E-state index contributed by atoms with van der Waals surface area (Å²) in [6, 6.07) is 9.18. The molecular weight excluding hydrogens is 330 g/mol. The van der Waals surface area contributed by atoms with Gasteiger partial charge in [0.15, 0.2) is 0 Å². The number of nitrogens with zero attached hydrogens (tertiary/aromatic N) is 4. The van der Waals surface area contributed by atoms with Gasteiger partial charge in [0.25, 0.3) is 0 Å². The third-order valence-electron chi connectivity index (χ3n) is 5.37. The molecule has 1 heterocycles. The molecule has 2 fully saturated rings. The average Bonchev–Trinajstić information content (AvgIpc) is 3.22. The van der Waals surface area contributed by atoms with Crippen LogP contribution in [0.1, 0.15) is 31.2 Å². The standard InChI is InChI=1S/C19H25N5O2/c25-19(26)11-23(10-15-1-2-15)18-7-16(8-18)21-9-14-3-5-17(6-4-14)24-13-20-12-22-24/h3-6,12-13,15-16,18,21H,1-2,7-11H2,(H,25,26). The zero-order valence-electron chi connectivity index (χ0n) is 14.8. The highest BCUT2D eigenvalue weighted by Crippen LogP contribution is 2.33. The third-order valence-corrected chi connectivity index (χ3v) is 5.37. The fourth-order valence-corrected chi connectivity index (χ4v) is 3.57. The van der Waals surface area contributed by atoms with E-state index in [9.17, 15) is 4.79 Å². The molecule has 1 aromatic carbocycles. The van der Waals surface area contributed by atoms with Crippen LogP contribution >= 0.6 is 0 Å². The summed E-state index contributed by atoms with van der Waals surface area (Å²) in [5, 5.41) is 16.8. The summed E-state index contributed by atoms with van der Waals surface area (Å²) in [7, 11) is 0. The number of benzene rings is 1. The molecule has 26 heavy (non-hydrogen) atoms. The molecule has 0 atom stereocenters. The fraction of sp³-hybridized carbons (Fsp3) is 0.526. The molecule has 2 N–H and O–H groups in total. The highest BCUT2D eigenvalue weighted by Gasteiger charge is 2.36. The topological polar surface area (TPSA) is 83.3 Å². The Balaban J connectivity index is 1.23. The summed E-state index contributed by atoms with van der Waals surface area (Å²) >= 11 is 0. The molecule has 1 aromatic heterocycles. The molecule has 4 rings (SSSR count). The van der Waals surface area contributed by atoms with Gasteiger partial charge in [0, 0.05) is 25.2 Å². The first kappa shape index (κ1) is 17.2. The van der Waals surface area contributed by atoms with Gasteiger partial charge in [0.05, 0.1) is 12.2 Å². The predicted molar refractivity (Wildman–Crippen MR) is 96.9 cm³/mol. The van der Waals surface area contributed by atoms with E-state index in [1.807, 2.05) is 12.1 Å². The fourth-order valence-electron chi connectivity index (χ4n) is 3.57. The summed E-state index contributed by atoms with van der Waals surface area (Å²) in [5.41, 5.74) is 2.23. The van der Waals surface area contributed by atoms with E-state index in [1.54, 1.807) is 11.0 Å². The Hall–Kier alpha value is -2.25. The molecule has 7 heteroatoms. The number of aliphatic carboxylic acids is 1. The van der Waals surface area contributed by atoms with Crippen LogP contribution in [0.3, 0.4) is 0 Å². The number of hydrogen-bond donors (Lipinski definition) is 2. The Morgan fingerprint density at radius 2 is 2.04 bits per heavy atom. The van der Waals surface area contributed by atoms with Crippen LogP contribution in [0.15, 0.2) is 36.9 Å².